The molecule has 0 spiro atoms. The maximum absolute atomic E-state index is 12.4. The summed E-state index contributed by atoms with van der Waals surface area (Å²) in [5.74, 6) is 0.370. The van der Waals surface area contributed by atoms with Gasteiger partial charge in [0, 0.05) is 11.1 Å². The predicted molar refractivity (Wildman–Crippen MR) is 111 cm³/mol. The van der Waals surface area contributed by atoms with Crippen LogP contribution >= 0.6 is 0 Å². The summed E-state index contributed by atoms with van der Waals surface area (Å²) in [5, 5.41) is 2.14. The van der Waals surface area contributed by atoms with Crippen molar-refractivity contribution in [3.63, 3.8) is 0 Å². The second-order valence-corrected chi connectivity index (χ2v) is 6.49. The topological polar surface area (TPSA) is 52.6 Å². The van der Waals surface area contributed by atoms with Gasteiger partial charge >= 0.3 is 5.97 Å². The molecule has 0 aromatic heterocycles. The lowest BCUT2D eigenvalue weighted by atomic mass is 10.0. The van der Waals surface area contributed by atoms with E-state index in [9.17, 15) is 9.59 Å². The molecule has 142 valence electrons. The Hall–Kier alpha value is -3.92. The highest BCUT2D eigenvalue weighted by Gasteiger charge is 2.10. The molecule has 0 aliphatic heterocycles. The molecule has 0 radical (unpaired) electrons. The van der Waals surface area contributed by atoms with Crippen molar-refractivity contribution in [1.29, 1.82) is 0 Å². The number of ketones is 1. The fourth-order valence-corrected chi connectivity index (χ4v) is 2.99. The van der Waals surface area contributed by atoms with Crippen LogP contribution in [0.5, 0.6) is 11.5 Å². The van der Waals surface area contributed by atoms with Crippen LogP contribution < -0.4 is 9.47 Å². The predicted octanol–water partition coefficient (Wildman–Crippen LogP) is 5.06. The molecule has 0 saturated carbocycles. The van der Waals surface area contributed by atoms with Crippen molar-refractivity contribution in [3.8, 4) is 11.5 Å². The zero-order chi connectivity index (χ0) is 20.1. The average Bonchev–Trinajstić information content (AvgIpc) is 2.78. The minimum Gasteiger partial charge on any atom is -0.482 e. The highest BCUT2D eigenvalue weighted by atomic mass is 16.6. The Morgan fingerprint density at radius 1 is 0.621 bits per heavy atom. The number of rotatable bonds is 6. The van der Waals surface area contributed by atoms with Gasteiger partial charge in [-0.05, 0) is 47.2 Å². The molecule has 0 amide bonds. The van der Waals surface area contributed by atoms with Crippen molar-refractivity contribution in [2.24, 2.45) is 0 Å². The molecule has 29 heavy (non-hydrogen) atoms. The van der Waals surface area contributed by atoms with E-state index in [-0.39, 0.29) is 12.4 Å². The third kappa shape index (κ3) is 4.50. The molecule has 4 heteroatoms. The van der Waals surface area contributed by atoms with Gasteiger partial charge in [0.2, 0.25) is 0 Å². The van der Waals surface area contributed by atoms with Crippen molar-refractivity contribution in [2.75, 3.05) is 6.61 Å². The number of esters is 1. The van der Waals surface area contributed by atoms with Crippen molar-refractivity contribution in [3.05, 3.63) is 108 Å². The monoisotopic (exact) mass is 382 g/mol. The van der Waals surface area contributed by atoms with Gasteiger partial charge in [0.05, 0.1) is 0 Å². The van der Waals surface area contributed by atoms with E-state index in [1.54, 1.807) is 36.4 Å². The summed E-state index contributed by atoms with van der Waals surface area (Å²) in [7, 11) is 0. The van der Waals surface area contributed by atoms with Crippen LogP contribution in [0.4, 0.5) is 0 Å². The summed E-state index contributed by atoms with van der Waals surface area (Å²) >= 11 is 0. The van der Waals surface area contributed by atoms with E-state index in [1.807, 2.05) is 60.7 Å². The van der Waals surface area contributed by atoms with Gasteiger partial charge in [-0.15, -0.1) is 0 Å². The molecule has 0 unspecified atom stereocenters. The molecule has 0 N–H and O–H groups in total. The highest BCUT2D eigenvalue weighted by Crippen LogP contribution is 2.21. The van der Waals surface area contributed by atoms with Gasteiger partial charge in [-0.1, -0.05) is 60.7 Å². The zero-order valence-corrected chi connectivity index (χ0v) is 15.6. The van der Waals surface area contributed by atoms with Crippen molar-refractivity contribution < 1.29 is 19.1 Å². The fraction of sp³-hybridized carbons (Fsp3) is 0.0400. The first kappa shape index (κ1) is 18.4. The van der Waals surface area contributed by atoms with Crippen molar-refractivity contribution >= 4 is 22.5 Å². The molecule has 0 heterocycles. The molecule has 0 aliphatic rings. The summed E-state index contributed by atoms with van der Waals surface area (Å²) in [6.07, 6.45) is 0. The van der Waals surface area contributed by atoms with Crippen LogP contribution in [-0.4, -0.2) is 18.4 Å². The van der Waals surface area contributed by atoms with Crippen LogP contribution in [0.3, 0.4) is 0 Å². The quantitative estimate of drug-likeness (QED) is 0.266. The Morgan fingerprint density at radius 3 is 2.00 bits per heavy atom. The molecule has 0 atom stereocenters. The number of ether oxygens (including phenoxy) is 2. The smallest absolute Gasteiger partial charge is 0.349 e. The molecule has 0 aliphatic carbocycles. The lowest BCUT2D eigenvalue weighted by Gasteiger charge is -2.08. The van der Waals surface area contributed by atoms with Gasteiger partial charge in [-0.3, -0.25) is 4.79 Å². The van der Waals surface area contributed by atoms with Gasteiger partial charge < -0.3 is 9.47 Å². The second kappa shape index (κ2) is 8.40. The zero-order valence-electron chi connectivity index (χ0n) is 15.6. The average molecular weight is 382 g/mol. The van der Waals surface area contributed by atoms with E-state index in [2.05, 4.69) is 0 Å². The lowest BCUT2D eigenvalue weighted by Crippen LogP contribution is -2.17. The van der Waals surface area contributed by atoms with E-state index < -0.39 is 5.97 Å². The fourth-order valence-electron chi connectivity index (χ4n) is 2.99. The van der Waals surface area contributed by atoms with Crippen LogP contribution in [0.1, 0.15) is 15.9 Å². The van der Waals surface area contributed by atoms with Gasteiger partial charge in [0.25, 0.3) is 0 Å². The van der Waals surface area contributed by atoms with Crippen LogP contribution in [0.15, 0.2) is 97.1 Å². The van der Waals surface area contributed by atoms with Gasteiger partial charge in [0.15, 0.2) is 12.4 Å². The van der Waals surface area contributed by atoms with Crippen LogP contribution in [-0.2, 0) is 4.79 Å². The number of carbonyl (C=O) groups excluding carboxylic acids is 2. The van der Waals surface area contributed by atoms with E-state index in [4.69, 9.17) is 9.47 Å². The minimum atomic E-state index is -0.514. The van der Waals surface area contributed by atoms with Crippen LogP contribution in [0.25, 0.3) is 10.8 Å². The summed E-state index contributed by atoms with van der Waals surface area (Å²) < 4.78 is 10.8. The van der Waals surface area contributed by atoms with Crippen molar-refractivity contribution in [2.45, 2.75) is 0 Å². The van der Waals surface area contributed by atoms with Gasteiger partial charge in [-0.2, -0.15) is 0 Å². The first-order valence-corrected chi connectivity index (χ1v) is 9.21. The Balaban J connectivity index is 1.35. The minimum absolute atomic E-state index is 0.0805. The largest absolute Gasteiger partial charge is 0.482 e. The Kier molecular flexibility index (Phi) is 5.34. The van der Waals surface area contributed by atoms with E-state index >= 15 is 0 Å². The van der Waals surface area contributed by atoms with Crippen LogP contribution in [0, 0.1) is 0 Å². The normalized spacial score (nSPS) is 10.5. The number of hydrogen-bond donors (Lipinski definition) is 0. The molecular formula is C25H18O4. The Bertz CT molecular complexity index is 1150. The number of carbonyl (C=O) groups is 2. The Morgan fingerprint density at radius 2 is 1.24 bits per heavy atom. The van der Waals surface area contributed by atoms with Crippen molar-refractivity contribution in [1.82, 2.24) is 0 Å². The first-order chi connectivity index (χ1) is 14.2. The summed E-state index contributed by atoms with van der Waals surface area (Å²) in [4.78, 5) is 24.5. The van der Waals surface area contributed by atoms with E-state index in [0.717, 1.165) is 10.8 Å². The number of benzene rings is 4. The molecule has 0 saturated heterocycles. The van der Waals surface area contributed by atoms with E-state index in [0.29, 0.717) is 22.6 Å². The molecule has 4 nitrogen and oxygen atoms in total. The van der Waals surface area contributed by atoms with Gasteiger partial charge in [-0.25, -0.2) is 4.79 Å². The Labute approximate surface area is 168 Å². The third-order valence-corrected chi connectivity index (χ3v) is 4.46. The first-order valence-electron chi connectivity index (χ1n) is 9.21. The molecule has 4 aromatic rings. The summed E-state index contributed by atoms with van der Waals surface area (Å²) in [6, 6.07) is 29.1. The third-order valence-electron chi connectivity index (χ3n) is 4.46. The summed E-state index contributed by atoms with van der Waals surface area (Å²) in [5.41, 5.74) is 1.14. The second-order valence-electron chi connectivity index (χ2n) is 6.49. The lowest BCUT2D eigenvalue weighted by molar-refractivity contribution is -0.136. The summed E-state index contributed by atoms with van der Waals surface area (Å²) in [6.45, 7) is -0.205. The number of fused-ring (bicyclic) bond motifs is 1. The van der Waals surface area contributed by atoms with E-state index in [1.165, 1.54) is 0 Å². The SMILES string of the molecule is O=C(COc1ccc2ccccc2c1)Oc1ccc(C(=O)c2ccccc2)cc1. The molecule has 4 aromatic carbocycles. The maximum atomic E-state index is 12.4. The molecular weight excluding hydrogens is 364 g/mol. The molecule has 4 rings (SSSR count). The highest BCUT2D eigenvalue weighted by molar-refractivity contribution is 6.09. The van der Waals surface area contributed by atoms with Crippen LogP contribution in [0.2, 0.25) is 0 Å². The number of hydrogen-bond acceptors (Lipinski definition) is 4. The van der Waals surface area contributed by atoms with Gasteiger partial charge in [0.1, 0.15) is 11.5 Å². The molecule has 0 fully saturated rings. The standard InChI is InChI=1S/C25H18O4/c26-24(17-28-23-15-10-18-6-4-5-9-21(18)16-23)29-22-13-11-20(12-14-22)25(27)19-7-2-1-3-8-19/h1-16H,17H2. The molecule has 0 bridgehead atoms. The maximum Gasteiger partial charge on any atom is 0.349 e.